The lowest BCUT2D eigenvalue weighted by molar-refractivity contribution is -0.364. The number of allylic oxidation sites excluding steroid dienone is 2. The lowest BCUT2D eigenvalue weighted by atomic mass is 9.78. The first kappa shape index (κ1) is 17.4. The average Bonchev–Trinajstić information content (AvgIpc) is 2.45. The van der Waals surface area contributed by atoms with Crippen molar-refractivity contribution in [2.45, 2.75) is 45.1 Å². The van der Waals surface area contributed by atoms with Crippen molar-refractivity contribution in [3.05, 3.63) is 47.2 Å². The standard InChI is InChI=1S/C17H18F3NO2/c1-15(2,3)14-13(10-21)12(11-7-5-4-6-8-11)9-16(22,23-14)17(18,19)20/h4-8,12,22H,9H2,1-3H3/t12-,16+/m1/s1. The van der Waals surface area contributed by atoms with Crippen molar-refractivity contribution in [2.75, 3.05) is 0 Å². The molecule has 0 radical (unpaired) electrons. The second-order valence-corrected chi connectivity index (χ2v) is 6.66. The van der Waals surface area contributed by atoms with Crippen LogP contribution in [0.25, 0.3) is 0 Å². The Hall–Kier alpha value is -2.00. The van der Waals surface area contributed by atoms with Crippen LogP contribution in [0.1, 0.15) is 38.7 Å². The maximum absolute atomic E-state index is 13.3. The van der Waals surface area contributed by atoms with E-state index < -0.39 is 29.7 Å². The summed E-state index contributed by atoms with van der Waals surface area (Å²) in [6.07, 6.45) is -5.71. The summed E-state index contributed by atoms with van der Waals surface area (Å²) < 4.78 is 44.9. The summed E-state index contributed by atoms with van der Waals surface area (Å²) in [5.74, 6) is -4.31. The van der Waals surface area contributed by atoms with Crippen molar-refractivity contribution in [3.63, 3.8) is 0 Å². The van der Waals surface area contributed by atoms with Gasteiger partial charge in [-0.25, -0.2) is 0 Å². The zero-order valence-corrected chi connectivity index (χ0v) is 13.1. The summed E-state index contributed by atoms with van der Waals surface area (Å²) in [6.45, 7) is 4.93. The number of benzene rings is 1. The van der Waals surface area contributed by atoms with Gasteiger partial charge in [0.1, 0.15) is 5.76 Å². The molecule has 23 heavy (non-hydrogen) atoms. The molecule has 0 bridgehead atoms. The fraction of sp³-hybridized carbons (Fsp3) is 0.471. The summed E-state index contributed by atoms with van der Waals surface area (Å²) in [5.41, 5.74) is -0.188. The third kappa shape index (κ3) is 3.20. The molecule has 0 saturated heterocycles. The average molecular weight is 325 g/mol. The highest BCUT2D eigenvalue weighted by molar-refractivity contribution is 5.42. The summed E-state index contributed by atoms with van der Waals surface area (Å²) in [4.78, 5) is 0. The van der Waals surface area contributed by atoms with E-state index in [-0.39, 0.29) is 11.3 Å². The van der Waals surface area contributed by atoms with Gasteiger partial charge in [0.2, 0.25) is 0 Å². The van der Waals surface area contributed by atoms with Gasteiger partial charge in [0.25, 0.3) is 0 Å². The third-order valence-electron chi connectivity index (χ3n) is 3.79. The second-order valence-electron chi connectivity index (χ2n) is 6.66. The number of aliphatic hydroxyl groups is 1. The number of hydrogen-bond acceptors (Lipinski definition) is 3. The minimum absolute atomic E-state index is 0.123. The molecule has 3 nitrogen and oxygen atoms in total. The van der Waals surface area contributed by atoms with E-state index in [1.54, 1.807) is 51.1 Å². The fourth-order valence-corrected chi connectivity index (χ4v) is 2.63. The van der Waals surface area contributed by atoms with E-state index in [1.807, 2.05) is 6.07 Å². The van der Waals surface area contributed by atoms with Crippen LogP contribution in [-0.4, -0.2) is 17.1 Å². The van der Waals surface area contributed by atoms with Crippen molar-refractivity contribution >= 4 is 0 Å². The van der Waals surface area contributed by atoms with Crippen LogP contribution in [0.2, 0.25) is 0 Å². The summed E-state index contributed by atoms with van der Waals surface area (Å²) in [5, 5.41) is 19.6. The minimum Gasteiger partial charge on any atom is -0.456 e. The Morgan fingerprint density at radius 2 is 1.78 bits per heavy atom. The largest absolute Gasteiger partial charge is 0.456 e. The van der Waals surface area contributed by atoms with Gasteiger partial charge in [0.05, 0.1) is 11.6 Å². The van der Waals surface area contributed by atoms with Gasteiger partial charge in [0, 0.05) is 17.8 Å². The molecule has 1 aliphatic heterocycles. The first-order chi connectivity index (χ1) is 10.5. The van der Waals surface area contributed by atoms with Gasteiger partial charge in [-0.1, -0.05) is 51.1 Å². The highest BCUT2D eigenvalue weighted by Crippen LogP contribution is 2.50. The summed E-state index contributed by atoms with van der Waals surface area (Å²) >= 11 is 0. The molecule has 1 aromatic rings. The molecular weight excluding hydrogens is 307 g/mol. The van der Waals surface area contributed by atoms with E-state index in [0.717, 1.165) is 0 Å². The third-order valence-corrected chi connectivity index (χ3v) is 3.79. The quantitative estimate of drug-likeness (QED) is 0.839. The Kier molecular flexibility index (Phi) is 4.20. The topological polar surface area (TPSA) is 53.2 Å². The van der Waals surface area contributed by atoms with Crippen LogP contribution in [0.15, 0.2) is 41.7 Å². The van der Waals surface area contributed by atoms with E-state index in [2.05, 4.69) is 0 Å². The van der Waals surface area contributed by atoms with Crippen LogP contribution in [0, 0.1) is 16.7 Å². The van der Waals surface area contributed by atoms with Gasteiger partial charge < -0.3 is 9.84 Å². The minimum atomic E-state index is -4.96. The zero-order valence-electron chi connectivity index (χ0n) is 13.1. The number of ether oxygens (including phenoxy) is 1. The van der Waals surface area contributed by atoms with Gasteiger partial charge in [-0.2, -0.15) is 18.4 Å². The number of hydrogen-bond donors (Lipinski definition) is 1. The summed E-state index contributed by atoms with van der Waals surface area (Å²) in [6, 6.07) is 10.4. The molecule has 1 aromatic carbocycles. The van der Waals surface area contributed by atoms with Crippen molar-refractivity contribution in [1.82, 2.24) is 0 Å². The Labute approximate surface area is 133 Å². The molecule has 0 amide bonds. The lowest BCUT2D eigenvalue weighted by Gasteiger charge is -2.42. The van der Waals surface area contributed by atoms with Crippen molar-refractivity contribution in [2.24, 2.45) is 5.41 Å². The fourth-order valence-electron chi connectivity index (χ4n) is 2.63. The monoisotopic (exact) mass is 325 g/mol. The van der Waals surface area contributed by atoms with Gasteiger partial charge in [-0.05, 0) is 5.56 Å². The Morgan fingerprint density at radius 3 is 2.22 bits per heavy atom. The number of halogens is 3. The van der Waals surface area contributed by atoms with E-state index in [9.17, 15) is 23.5 Å². The Balaban J connectivity index is 2.66. The van der Waals surface area contributed by atoms with Crippen LogP contribution in [0.3, 0.4) is 0 Å². The van der Waals surface area contributed by atoms with Crippen LogP contribution < -0.4 is 0 Å². The molecule has 1 heterocycles. The maximum Gasteiger partial charge on any atom is 0.455 e. The molecule has 6 heteroatoms. The molecule has 2 rings (SSSR count). The van der Waals surface area contributed by atoms with Crippen LogP contribution in [-0.2, 0) is 4.74 Å². The van der Waals surface area contributed by atoms with Gasteiger partial charge in [0.15, 0.2) is 0 Å². The van der Waals surface area contributed by atoms with E-state index in [0.29, 0.717) is 5.56 Å². The second kappa shape index (κ2) is 5.57. The predicted octanol–water partition coefficient (Wildman–Crippen LogP) is 4.27. The molecule has 0 fully saturated rings. The number of nitriles is 1. The molecule has 0 aromatic heterocycles. The van der Waals surface area contributed by atoms with Crippen LogP contribution in [0.5, 0.6) is 0 Å². The SMILES string of the molecule is CC(C)(C)C1=C(C#N)[C@@H](c2ccccc2)C[C@@](O)(C(F)(F)F)O1. The van der Waals surface area contributed by atoms with Crippen molar-refractivity contribution < 1.29 is 23.0 Å². The molecule has 1 aliphatic rings. The highest BCUT2D eigenvalue weighted by Gasteiger charge is 2.61. The first-order valence-electron chi connectivity index (χ1n) is 7.17. The van der Waals surface area contributed by atoms with Gasteiger partial charge in [-0.15, -0.1) is 0 Å². The van der Waals surface area contributed by atoms with E-state index in [1.165, 1.54) is 0 Å². The van der Waals surface area contributed by atoms with Crippen molar-refractivity contribution in [3.8, 4) is 6.07 Å². The zero-order chi connectivity index (χ0) is 17.5. The Morgan fingerprint density at radius 1 is 1.22 bits per heavy atom. The predicted molar refractivity (Wildman–Crippen MR) is 78.0 cm³/mol. The highest BCUT2D eigenvalue weighted by atomic mass is 19.4. The maximum atomic E-state index is 13.3. The number of nitrogens with zero attached hydrogens (tertiary/aromatic N) is 1. The molecule has 124 valence electrons. The van der Waals surface area contributed by atoms with Crippen molar-refractivity contribution in [1.29, 1.82) is 5.26 Å². The molecule has 0 unspecified atom stereocenters. The van der Waals surface area contributed by atoms with E-state index >= 15 is 0 Å². The van der Waals surface area contributed by atoms with Gasteiger partial charge >= 0.3 is 12.0 Å². The molecule has 0 spiro atoms. The molecule has 1 N–H and O–H groups in total. The molecule has 2 atom stereocenters. The lowest BCUT2D eigenvalue weighted by Crippen LogP contribution is -2.52. The number of rotatable bonds is 1. The molecular formula is C17H18F3NO2. The summed E-state index contributed by atoms with van der Waals surface area (Å²) in [7, 11) is 0. The molecule has 0 saturated carbocycles. The van der Waals surface area contributed by atoms with E-state index in [4.69, 9.17) is 4.74 Å². The molecule has 0 aliphatic carbocycles. The Bertz CT molecular complexity index is 653. The first-order valence-corrected chi connectivity index (χ1v) is 7.17. The van der Waals surface area contributed by atoms with Crippen LogP contribution >= 0.6 is 0 Å². The normalized spacial score (nSPS) is 25.7. The number of alkyl halides is 3. The van der Waals surface area contributed by atoms with Crippen LogP contribution in [0.4, 0.5) is 13.2 Å². The smallest absolute Gasteiger partial charge is 0.455 e. The van der Waals surface area contributed by atoms with Gasteiger partial charge in [-0.3, -0.25) is 0 Å².